The number of nitrogens with zero attached hydrogens (tertiary/aromatic N) is 1. The fourth-order valence-electron chi connectivity index (χ4n) is 3.81. The molecule has 1 atom stereocenters. The van der Waals surface area contributed by atoms with Crippen LogP contribution in [-0.4, -0.2) is 48.8 Å². The fourth-order valence-corrected chi connectivity index (χ4v) is 4.48. The Labute approximate surface area is 200 Å². The molecule has 2 amide bonds. The maximum absolute atomic E-state index is 13.4. The molecule has 0 aromatic heterocycles. The third-order valence-electron chi connectivity index (χ3n) is 5.51. The maximum Gasteiger partial charge on any atom is 0.411 e. The summed E-state index contributed by atoms with van der Waals surface area (Å²) in [5.74, 6) is -0.449. The van der Waals surface area contributed by atoms with Gasteiger partial charge in [0.25, 0.3) is 5.91 Å². The predicted molar refractivity (Wildman–Crippen MR) is 129 cm³/mol. The Morgan fingerprint density at radius 3 is 2.21 bits per heavy atom. The molecule has 0 saturated heterocycles. The highest BCUT2D eigenvalue weighted by Crippen LogP contribution is 2.34. The van der Waals surface area contributed by atoms with Crippen LogP contribution in [0.3, 0.4) is 0 Å². The molecule has 1 heterocycles. The van der Waals surface area contributed by atoms with E-state index in [2.05, 4.69) is 5.32 Å². The van der Waals surface area contributed by atoms with Crippen molar-refractivity contribution in [2.24, 2.45) is 0 Å². The summed E-state index contributed by atoms with van der Waals surface area (Å²) < 4.78 is 29.6. The van der Waals surface area contributed by atoms with Gasteiger partial charge in [-0.3, -0.25) is 9.69 Å². The molecule has 1 unspecified atom stereocenters. The number of hydrogen-bond donors (Lipinski definition) is 2. The van der Waals surface area contributed by atoms with Crippen LogP contribution >= 0.6 is 0 Å². The zero-order chi connectivity index (χ0) is 25.5. The largest absolute Gasteiger partial charge is 0.444 e. The van der Waals surface area contributed by atoms with E-state index in [0.29, 0.717) is 28.8 Å². The number of anilines is 1. The number of sulfone groups is 1. The molecule has 8 nitrogen and oxygen atoms in total. The summed E-state index contributed by atoms with van der Waals surface area (Å²) in [5.41, 5.74) is 0.677. The van der Waals surface area contributed by atoms with Crippen molar-refractivity contribution in [3.05, 3.63) is 59.2 Å². The van der Waals surface area contributed by atoms with Crippen molar-refractivity contribution in [1.82, 2.24) is 4.90 Å². The summed E-state index contributed by atoms with van der Waals surface area (Å²) in [4.78, 5) is 28.0. The van der Waals surface area contributed by atoms with E-state index in [9.17, 15) is 23.1 Å². The van der Waals surface area contributed by atoms with Crippen LogP contribution in [0.1, 0.15) is 57.4 Å². The summed E-state index contributed by atoms with van der Waals surface area (Å²) in [6.45, 7) is 8.79. The first kappa shape index (κ1) is 25.7. The quantitative estimate of drug-likeness (QED) is 0.677. The van der Waals surface area contributed by atoms with E-state index in [-0.39, 0.29) is 11.4 Å². The predicted octanol–water partition coefficient (Wildman–Crippen LogP) is 3.79. The summed E-state index contributed by atoms with van der Waals surface area (Å²) in [7, 11) is -3.42. The Morgan fingerprint density at radius 2 is 1.68 bits per heavy atom. The lowest BCUT2D eigenvalue weighted by Crippen LogP contribution is -2.47. The van der Waals surface area contributed by atoms with Crippen molar-refractivity contribution in [2.75, 3.05) is 18.1 Å². The minimum atomic E-state index is -3.42. The molecule has 0 spiro atoms. The van der Waals surface area contributed by atoms with Crippen LogP contribution in [0.2, 0.25) is 0 Å². The number of aliphatic hydroxyl groups is 1. The highest BCUT2D eigenvalue weighted by atomic mass is 32.2. The molecule has 34 heavy (non-hydrogen) atoms. The molecule has 0 radical (unpaired) electrons. The molecule has 9 heteroatoms. The zero-order valence-corrected chi connectivity index (χ0v) is 21.2. The molecule has 0 aliphatic carbocycles. The van der Waals surface area contributed by atoms with Crippen molar-refractivity contribution < 1.29 is 27.9 Å². The van der Waals surface area contributed by atoms with Gasteiger partial charge >= 0.3 is 6.09 Å². The van der Waals surface area contributed by atoms with E-state index in [4.69, 9.17) is 4.74 Å². The minimum Gasteiger partial charge on any atom is -0.444 e. The van der Waals surface area contributed by atoms with Crippen LogP contribution in [0.4, 0.5) is 10.5 Å². The SMILES string of the molecule is CC(C)(C)OC(=O)N1CCc2cc(S(C)(=O)=O)ccc2C1C(=O)Nc1ccc(C(C)(C)O)cc1. The van der Waals surface area contributed by atoms with Gasteiger partial charge in [0.05, 0.1) is 10.5 Å². The van der Waals surface area contributed by atoms with Gasteiger partial charge in [-0.15, -0.1) is 0 Å². The number of carbonyl (C=O) groups is 2. The topological polar surface area (TPSA) is 113 Å². The van der Waals surface area contributed by atoms with Gasteiger partial charge < -0.3 is 15.2 Å². The van der Waals surface area contributed by atoms with Gasteiger partial charge in [0.2, 0.25) is 0 Å². The number of benzene rings is 2. The monoisotopic (exact) mass is 488 g/mol. The van der Waals surface area contributed by atoms with Gasteiger partial charge in [-0.25, -0.2) is 13.2 Å². The first-order valence-corrected chi connectivity index (χ1v) is 12.9. The van der Waals surface area contributed by atoms with Gasteiger partial charge in [-0.05, 0) is 82.0 Å². The molecular weight excluding hydrogens is 456 g/mol. The summed E-state index contributed by atoms with van der Waals surface area (Å²) in [6.07, 6.45) is 0.900. The van der Waals surface area contributed by atoms with Crippen LogP contribution in [0, 0.1) is 0 Å². The van der Waals surface area contributed by atoms with Crippen molar-refractivity contribution in [1.29, 1.82) is 0 Å². The molecule has 0 fully saturated rings. The van der Waals surface area contributed by atoms with Gasteiger partial charge in [0.15, 0.2) is 9.84 Å². The van der Waals surface area contributed by atoms with Crippen LogP contribution in [0.5, 0.6) is 0 Å². The Kier molecular flexibility index (Phi) is 6.83. The lowest BCUT2D eigenvalue weighted by Gasteiger charge is -2.37. The van der Waals surface area contributed by atoms with Gasteiger partial charge in [-0.2, -0.15) is 0 Å². The molecule has 2 aromatic carbocycles. The normalized spacial score (nSPS) is 16.6. The molecule has 184 valence electrons. The van der Waals surface area contributed by atoms with Crippen molar-refractivity contribution in [3.8, 4) is 0 Å². The third-order valence-corrected chi connectivity index (χ3v) is 6.62. The maximum atomic E-state index is 13.4. The molecule has 2 aromatic rings. The highest BCUT2D eigenvalue weighted by Gasteiger charge is 2.38. The Bertz CT molecular complexity index is 1190. The molecule has 3 rings (SSSR count). The smallest absolute Gasteiger partial charge is 0.411 e. The molecule has 0 bridgehead atoms. The number of nitrogens with one attached hydrogen (secondary N) is 1. The summed E-state index contributed by atoms with van der Waals surface area (Å²) in [6, 6.07) is 10.4. The van der Waals surface area contributed by atoms with E-state index >= 15 is 0 Å². The number of carbonyl (C=O) groups excluding carboxylic acids is 2. The summed E-state index contributed by atoms with van der Waals surface area (Å²) >= 11 is 0. The fraction of sp³-hybridized carbons (Fsp3) is 0.440. The van der Waals surface area contributed by atoms with Crippen molar-refractivity contribution in [2.45, 2.75) is 63.2 Å². The van der Waals surface area contributed by atoms with Gasteiger partial charge in [0.1, 0.15) is 11.6 Å². The molecular formula is C25H32N2O6S. The first-order chi connectivity index (χ1) is 15.6. The molecule has 2 N–H and O–H groups in total. The van der Waals surface area contributed by atoms with E-state index in [1.54, 1.807) is 71.0 Å². The second-order valence-corrected chi connectivity index (χ2v) is 12.1. The Morgan fingerprint density at radius 1 is 1.06 bits per heavy atom. The van der Waals surface area contributed by atoms with Gasteiger partial charge in [-0.1, -0.05) is 18.2 Å². The second-order valence-electron chi connectivity index (χ2n) is 10.1. The highest BCUT2D eigenvalue weighted by molar-refractivity contribution is 7.90. The van der Waals surface area contributed by atoms with E-state index in [1.807, 2.05) is 0 Å². The zero-order valence-electron chi connectivity index (χ0n) is 20.4. The number of fused-ring (bicyclic) bond motifs is 1. The molecule has 1 aliphatic rings. The second kappa shape index (κ2) is 9.03. The Hall–Kier alpha value is -2.91. The lowest BCUT2D eigenvalue weighted by atomic mass is 9.92. The molecule has 1 aliphatic heterocycles. The number of amides is 2. The average molecular weight is 489 g/mol. The van der Waals surface area contributed by atoms with Crippen molar-refractivity contribution in [3.63, 3.8) is 0 Å². The van der Waals surface area contributed by atoms with Crippen LogP contribution in [0.25, 0.3) is 0 Å². The van der Waals surface area contributed by atoms with Crippen LogP contribution in [-0.2, 0) is 31.4 Å². The standard InChI is InChI=1S/C25H32N2O6S/c1-24(2,3)33-23(29)27-14-13-16-15-19(34(6,31)32)11-12-20(16)21(27)22(28)26-18-9-7-17(8-10-18)25(4,5)30/h7-12,15,21,30H,13-14H2,1-6H3,(H,26,28). The van der Waals surface area contributed by atoms with Crippen LogP contribution < -0.4 is 5.32 Å². The number of rotatable bonds is 4. The molecule has 0 saturated carbocycles. The Balaban J connectivity index is 1.97. The van der Waals surface area contributed by atoms with E-state index in [1.165, 1.54) is 11.0 Å². The van der Waals surface area contributed by atoms with Crippen molar-refractivity contribution >= 4 is 27.5 Å². The number of hydrogen-bond acceptors (Lipinski definition) is 6. The number of ether oxygens (including phenoxy) is 1. The minimum absolute atomic E-state index is 0.165. The van der Waals surface area contributed by atoms with E-state index in [0.717, 1.165) is 6.26 Å². The third kappa shape index (κ3) is 5.95. The summed E-state index contributed by atoms with van der Waals surface area (Å²) in [5, 5.41) is 13.0. The average Bonchev–Trinajstić information content (AvgIpc) is 2.70. The van der Waals surface area contributed by atoms with Crippen LogP contribution in [0.15, 0.2) is 47.4 Å². The lowest BCUT2D eigenvalue weighted by molar-refractivity contribution is -0.121. The van der Waals surface area contributed by atoms with E-state index < -0.39 is 39.1 Å². The van der Waals surface area contributed by atoms with Gasteiger partial charge in [0, 0.05) is 18.5 Å². The first-order valence-electron chi connectivity index (χ1n) is 11.0.